The molecule has 0 radical (unpaired) electrons. The Kier molecular flexibility index (Phi) is 1.81. The van der Waals surface area contributed by atoms with E-state index in [1.807, 2.05) is 32.0 Å². The summed E-state index contributed by atoms with van der Waals surface area (Å²) in [6, 6.07) is 5.89. The van der Waals surface area contributed by atoms with Crippen molar-refractivity contribution in [2.45, 2.75) is 25.9 Å². The van der Waals surface area contributed by atoms with Crippen molar-refractivity contribution in [3.63, 3.8) is 0 Å². The number of hydrogen-bond donors (Lipinski definition) is 1. The minimum Gasteiger partial charge on any atom is -0.493 e. The van der Waals surface area contributed by atoms with E-state index in [0.29, 0.717) is 13.0 Å². The number of aliphatic hydroxyl groups is 1. The fraction of sp³-hybridized carbons (Fsp3) is 0.455. The minimum absolute atomic E-state index is 0.602. The molecule has 1 aliphatic rings. The molecule has 0 aliphatic carbocycles. The highest BCUT2D eigenvalue weighted by Gasteiger charge is 2.31. The average molecular weight is 178 g/mol. The Bertz CT molecular complexity index is 329. The monoisotopic (exact) mass is 178 g/mol. The molecule has 1 atom stereocenters. The van der Waals surface area contributed by atoms with Crippen molar-refractivity contribution in [3.8, 4) is 5.75 Å². The average Bonchev–Trinajstić information content (AvgIpc) is 2.06. The zero-order chi connectivity index (χ0) is 9.47. The van der Waals surface area contributed by atoms with Crippen molar-refractivity contribution in [2.75, 3.05) is 6.61 Å². The molecule has 0 bridgehead atoms. The predicted molar refractivity (Wildman–Crippen MR) is 50.9 cm³/mol. The Labute approximate surface area is 78.2 Å². The maximum absolute atomic E-state index is 10.1. The molecular weight excluding hydrogens is 164 g/mol. The topological polar surface area (TPSA) is 29.5 Å². The first kappa shape index (κ1) is 8.57. The van der Waals surface area contributed by atoms with E-state index in [1.165, 1.54) is 0 Å². The first-order valence-electron chi connectivity index (χ1n) is 4.56. The van der Waals surface area contributed by atoms with E-state index in [2.05, 4.69) is 0 Å². The molecule has 2 rings (SSSR count). The van der Waals surface area contributed by atoms with Crippen LogP contribution in [-0.4, -0.2) is 11.7 Å². The van der Waals surface area contributed by atoms with E-state index in [4.69, 9.17) is 4.74 Å². The van der Waals surface area contributed by atoms with Gasteiger partial charge in [-0.05, 0) is 19.4 Å². The number of benzene rings is 1. The van der Waals surface area contributed by atoms with Crippen molar-refractivity contribution in [1.29, 1.82) is 0 Å². The lowest BCUT2D eigenvalue weighted by Gasteiger charge is -2.31. The summed E-state index contributed by atoms with van der Waals surface area (Å²) in [6.07, 6.45) is 0.670. The molecule has 0 saturated carbocycles. The molecule has 1 heterocycles. The van der Waals surface area contributed by atoms with Crippen molar-refractivity contribution in [1.82, 2.24) is 0 Å². The molecule has 2 nitrogen and oxygen atoms in total. The molecule has 0 aromatic heterocycles. The molecule has 0 spiro atoms. The molecule has 1 N–H and O–H groups in total. The highest BCUT2D eigenvalue weighted by atomic mass is 16.5. The SMILES string of the molecule is Cc1cccc2c1OCCC2(C)O. The van der Waals surface area contributed by atoms with Crippen LogP contribution >= 0.6 is 0 Å². The second kappa shape index (κ2) is 2.74. The van der Waals surface area contributed by atoms with Crippen LogP contribution in [0.1, 0.15) is 24.5 Å². The molecule has 1 aromatic carbocycles. The fourth-order valence-corrected chi connectivity index (χ4v) is 1.75. The summed E-state index contributed by atoms with van der Waals surface area (Å²) in [5.74, 6) is 0.860. The van der Waals surface area contributed by atoms with E-state index < -0.39 is 5.60 Å². The zero-order valence-electron chi connectivity index (χ0n) is 8.00. The lowest BCUT2D eigenvalue weighted by Crippen LogP contribution is -2.29. The van der Waals surface area contributed by atoms with Crippen LogP contribution in [0.3, 0.4) is 0 Å². The highest BCUT2D eigenvalue weighted by Crippen LogP contribution is 2.38. The predicted octanol–water partition coefficient (Wildman–Crippen LogP) is 1.99. The second-order valence-corrected chi connectivity index (χ2v) is 3.82. The van der Waals surface area contributed by atoms with Gasteiger partial charge in [-0.25, -0.2) is 0 Å². The molecule has 1 unspecified atom stereocenters. The third-order valence-corrected chi connectivity index (χ3v) is 2.63. The van der Waals surface area contributed by atoms with Crippen LogP contribution in [0.4, 0.5) is 0 Å². The summed E-state index contributed by atoms with van der Waals surface area (Å²) < 4.78 is 5.53. The maximum Gasteiger partial charge on any atom is 0.128 e. The van der Waals surface area contributed by atoms with Crippen LogP contribution in [-0.2, 0) is 5.60 Å². The van der Waals surface area contributed by atoms with Gasteiger partial charge in [0.25, 0.3) is 0 Å². The van der Waals surface area contributed by atoms with Crippen LogP contribution in [0.5, 0.6) is 5.75 Å². The summed E-state index contributed by atoms with van der Waals surface area (Å²) in [6.45, 7) is 4.44. The summed E-state index contributed by atoms with van der Waals surface area (Å²) in [5, 5.41) is 10.1. The summed E-state index contributed by atoms with van der Waals surface area (Å²) in [4.78, 5) is 0. The van der Waals surface area contributed by atoms with E-state index in [1.54, 1.807) is 0 Å². The van der Waals surface area contributed by atoms with Crippen molar-refractivity contribution >= 4 is 0 Å². The van der Waals surface area contributed by atoms with Crippen LogP contribution in [0, 0.1) is 6.92 Å². The Balaban J connectivity index is 2.58. The van der Waals surface area contributed by atoms with Crippen molar-refractivity contribution < 1.29 is 9.84 Å². The van der Waals surface area contributed by atoms with Gasteiger partial charge in [0, 0.05) is 12.0 Å². The lowest BCUT2D eigenvalue weighted by molar-refractivity contribution is 0.0144. The highest BCUT2D eigenvalue weighted by molar-refractivity contribution is 5.45. The number of fused-ring (bicyclic) bond motifs is 1. The third-order valence-electron chi connectivity index (χ3n) is 2.63. The van der Waals surface area contributed by atoms with Crippen LogP contribution in [0.25, 0.3) is 0 Å². The van der Waals surface area contributed by atoms with E-state index in [0.717, 1.165) is 16.9 Å². The third kappa shape index (κ3) is 1.31. The number of aryl methyl sites for hydroxylation is 1. The Morgan fingerprint density at radius 3 is 2.92 bits per heavy atom. The number of hydrogen-bond acceptors (Lipinski definition) is 2. The Morgan fingerprint density at radius 1 is 1.46 bits per heavy atom. The smallest absolute Gasteiger partial charge is 0.128 e. The standard InChI is InChI=1S/C11H14O2/c1-8-4-3-5-9-10(8)13-7-6-11(9,2)12/h3-5,12H,6-7H2,1-2H3. The van der Waals surface area contributed by atoms with Gasteiger partial charge in [-0.15, -0.1) is 0 Å². The largest absolute Gasteiger partial charge is 0.493 e. The molecular formula is C11H14O2. The van der Waals surface area contributed by atoms with Gasteiger partial charge in [-0.2, -0.15) is 0 Å². The van der Waals surface area contributed by atoms with Gasteiger partial charge in [0.15, 0.2) is 0 Å². The molecule has 13 heavy (non-hydrogen) atoms. The number of para-hydroxylation sites is 1. The molecule has 1 aliphatic heterocycles. The van der Waals surface area contributed by atoms with Crippen molar-refractivity contribution in [2.24, 2.45) is 0 Å². The van der Waals surface area contributed by atoms with Gasteiger partial charge in [0.1, 0.15) is 5.75 Å². The lowest BCUT2D eigenvalue weighted by atomic mass is 9.89. The molecule has 0 fully saturated rings. The normalized spacial score (nSPS) is 26.4. The van der Waals surface area contributed by atoms with Gasteiger partial charge in [-0.1, -0.05) is 18.2 Å². The molecule has 70 valence electrons. The Morgan fingerprint density at radius 2 is 2.23 bits per heavy atom. The maximum atomic E-state index is 10.1. The molecule has 0 amide bonds. The van der Waals surface area contributed by atoms with Gasteiger partial charge in [0.05, 0.1) is 12.2 Å². The molecule has 1 aromatic rings. The fourth-order valence-electron chi connectivity index (χ4n) is 1.75. The van der Waals surface area contributed by atoms with Gasteiger partial charge >= 0.3 is 0 Å². The number of rotatable bonds is 0. The van der Waals surface area contributed by atoms with Crippen LogP contribution < -0.4 is 4.74 Å². The van der Waals surface area contributed by atoms with Crippen LogP contribution in [0.15, 0.2) is 18.2 Å². The molecule has 2 heteroatoms. The van der Waals surface area contributed by atoms with E-state index in [9.17, 15) is 5.11 Å². The second-order valence-electron chi connectivity index (χ2n) is 3.82. The van der Waals surface area contributed by atoms with Gasteiger partial charge < -0.3 is 9.84 Å². The Hall–Kier alpha value is -1.02. The summed E-state index contributed by atoms with van der Waals surface area (Å²) in [7, 11) is 0. The van der Waals surface area contributed by atoms with E-state index >= 15 is 0 Å². The van der Waals surface area contributed by atoms with Crippen molar-refractivity contribution in [3.05, 3.63) is 29.3 Å². The van der Waals surface area contributed by atoms with E-state index in [-0.39, 0.29) is 0 Å². The summed E-state index contributed by atoms with van der Waals surface area (Å²) in [5.41, 5.74) is 1.29. The zero-order valence-corrected chi connectivity index (χ0v) is 8.00. The van der Waals surface area contributed by atoms with Crippen LogP contribution in [0.2, 0.25) is 0 Å². The minimum atomic E-state index is -0.723. The first-order chi connectivity index (χ1) is 6.11. The quantitative estimate of drug-likeness (QED) is 0.658. The van der Waals surface area contributed by atoms with Gasteiger partial charge in [0.2, 0.25) is 0 Å². The van der Waals surface area contributed by atoms with Gasteiger partial charge in [-0.3, -0.25) is 0 Å². The first-order valence-corrected chi connectivity index (χ1v) is 4.56. The molecule has 0 saturated heterocycles. The summed E-state index contributed by atoms with van der Waals surface area (Å²) >= 11 is 0. The number of ether oxygens (including phenoxy) is 1.